The van der Waals surface area contributed by atoms with E-state index in [1.165, 1.54) is 4.90 Å². The van der Waals surface area contributed by atoms with E-state index in [2.05, 4.69) is 6.92 Å². The SMILES string of the molecule is CCCCCCN1C(=O)Cc2ccccc2C1=O. The van der Waals surface area contributed by atoms with Crippen molar-refractivity contribution in [3.8, 4) is 0 Å². The lowest BCUT2D eigenvalue weighted by atomic mass is 9.98. The molecule has 0 atom stereocenters. The van der Waals surface area contributed by atoms with Crippen molar-refractivity contribution in [3.63, 3.8) is 0 Å². The Labute approximate surface area is 108 Å². The van der Waals surface area contributed by atoms with Gasteiger partial charge in [0.1, 0.15) is 0 Å². The zero-order valence-corrected chi connectivity index (χ0v) is 10.8. The number of carbonyl (C=O) groups excluding carboxylic acids is 2. The maximum Gasteiger partial charge on any atom is 0.260 e. The summed E-state index contributed by atoms with van der Waals surface area (Å²) in [5.41, 5.74) is 1.55. The van der Waals surface area contributed by atoms with Crippen molar-refractivity contribution in [2.45, 2.75) is 39.0 Å². The second kappa shape index (κ2) is 5.80. The molecular weight excluding hydrogens is 226 g/mol. The fourth-order valence-corrected chi connectivity index (χ4v) is 2.32. The van der Waals surface area contributed by atoms with Gasteiger partial charge in [0.15, 0.2) is 0 Å². The van der Waals surface area contributed by atoms with E-state index in [1.54, 1.807) is 0 Å². The van der Waals surface area contributed by atoms with Gasteiger partial charge in [-0.25, -0.2) is 0 Å². The van der Waals surface area contributed by atoms with Gasteiger partial charge >= 0.3 is 0 Å². The molecule has 0 spiro atoms. The van der Waals surface area contributed by atoms with E-state index < -0.39 is 0 Å². The molecule has 96 valence electrons. The van der Waals surface area contributed by atoms with Gasteiger partial charge in [-0.05, 0) is 18.1 Å². The monoisotopic (exact) mass is 245 g/mol. The van der Waals surface area contributed by atoms with Crippen LogP contribution in [-0.2, 0) is 11.2 Å². The Morgan fingerprint density at radius 3 is 2.67 bits per heavy atom. The predicted octanol–water partition coefficient (Wildman–Crippen LogP) is 2.79. The lowest BCUT2D eigenvalue weighted by Gasteiger charge is -2.26. The molecule has 1 aliphatic rings. The molecule has 1 aliphatic heterocycles. The Morgan fingerprint density at radius 1 is 1.11 bits per heavy atom. The summed E-state index contributed by atoms with van der Waals surface area (Å²) in [5, 5.41) is 0. The van der Waals surface area contributed by atoms with E-state index in [0.717, 1.165) is 31.2 Å². The van der Waals surface area contributed by atoms with Crippen LogP contribution in [0.5, 0.6) is 0 Å². The van der Waals surface area contributed by atoms with Crippen LogP contribution in [0, 0.1) is 0 Å². The molecule has 0 unspecified atom stereocenters. The van der Waals surface area contributed by atoms with Gasteiger partial charge in [-0.3, -0.25) is 14.5 Å². The third kappa shape index (κ3) is 2.61. The summed E-state index contributed by atoms with van der Waals surface area (Å²) in [6.45, 7) is 2.71. The molecule has 18 heavy (non-hydrogen) atoms. The number of unbranched alkanes of at least 4 members (excludes halogenated alkanes) is 3. The number of amides is 2. The summed E-state index contributed by atoms with van der Waals surface area (Å²) in [5.74, 6) is -0.187. The van der Waals surface area contributed by atoms with Crippen LogP contribution in [0.1, 0.15) is 48.5 Å². The Morgan fingerprint density at radius 2 is 1.89 bits per heavy atom. The van der Waals surface area contributed by atoms with Gasteiger partial charge in [0, 0.05) is 12.1 Å². The Kier molecular flexibility index (Phi) is 4.13. The molecule has 0 saturated heterocycles. The summed E-state index contributed by atoms with van der Waals surface area (Å²) in [4.78, 5) is 25.5. The molecule has 1 heterocycles. The van der Waals surface area contributed by atoms with Crippen LogP contribution in [0.4, 0.5) is 0 Å². The predicted molar refractivity (Wildman–Crippen MR) is 70.3 cm³/mol. The molecule has 2 rings (SSSR count). The first kappa shape index (κ1) is 12.8. The number of benzene rings is 1. The first-order valence-electron chi connectivity index (χ1n) is 6.66. The summed E-state index contributed by atoms with van der Waals surface area (Å²) in [6, 6.07) is 7.39. The largest absolute Gasteiger partial charge is 0.278 e. The maximum absolute atomic E-state index is 12.2. The minimum absolute atomic E-state index is 0.0600. The Balaban J connectivity index is 2.05. The minimum atomic E-state index is -0.127. The van der Waals surface area contributed by atoms with Crippen LogP contribution < -0.4 is 0 Å². The van der Waals surface area contributed by atoms with Crippen molar-refractivity contribution in [2.75, 3.05) is 6.54 Å². The van der Waals surface area contributed by atoms with E-state index in [1.807, 2.05) is 24.3 Å². The van der Waals surface area contributed by atoms with Crippen LogP contribution in [0.25, 0.3) is 0 Å². The molecular formula is C15H19NO2. The van der Waals surface area contributed by atoms with E-state index in [4.69, 9.17) is 0 Å². The summed E-state index contributed by atoms with van der Waals surface area (Å²) in [6.07, 6.45) is 4.66. The lowest BCUT2D eigenvalue weighted by molar-refractivity contribution is -0.128. The molecule has 0 N–H and O–H groups in total. The molecule has 3 heteroatoms. The average Bonchev–Trinajstić information content (AvgIpc) is 2.38. The van der Waals surface area contributed by atoms with Crippen LogP contribution in [0.2, 0.25) is 0 Å². The number of rotatable bonds is 5. The summed E-state index contributed by atoms with van der Waals surface area (Å²) < 4.78 is 0. The quantitative estimate of drug-likeness (QED) is 0.591. The van der Waals surface area contributed by atoms with Gasteiger partial charge in [-0.1, -0.05) is 44.4 Å². The average molecular weight is 245 g/mol. The van der Waals surface area contributed by atoms with Gasteiger partial charge in [0.05, 0.1) is 6.42 Å². The molecule has 0 aliphatic carbocycles. The summed E-state index contributed by atoms with van der Waals surface area (Å²) in [7, 11) is 0. The van der Waals surface area contributed by atoms with Crippen molar-refractivity contribution in [2.24, 2.45) is 0 Å². The van der Waals surface area contributed by atoms with E-state index in [9.17, 15) is 9.59 Å². The van der Waals surface area contributed by atoms with Crippen LogP contribution in [-0.4, -0.2) is 23.3 Å². The fourth-order valence-electron chi connectivity index (χ4n) is 2.32. The van der Waals surface area contributed by atoms with Crippen molar-refractivity contribution in [3.05, 3.63) is 35.4 Å². The molecule has 0 aromatic heterocycles. The highest BCUT2D eigenvalue weighted by molar-refractivity contribution is 6.09. The second-order valence-electron chi connectivity index (χ2n) is 4.75. The van der Waals surface area contributed by atoms with Crippen molar-refractivity contribution in [1.82, 2.24) is 4.90 Å². The topological polar surface area (TPSA) is 37.4 Å². The Hall–Kier alpha value is -1.64. The number of imide groups is 1. The molecule has 0 saturated carbocycles. The highest BCUT2D eigenvalue weighted by atomic mass is 16.2. The third-order valence-electron chi connectivity index (χ3n) is 3.37. The van der Waals surface area contributed by atoms with Gasteiger partial charge in [-0.15, -0.1) is 0 Å². The van der Waals surface area contributed by atoms with Crippen molar-refractivity contribution in [1.29, 1.82) is 0 Å². The number of fused-ring (bicyclic) bond motifs is 1. The maximum atomic E-state index is 12.2. The highest BCUT2D eigenvalue weighted by Gasteiger charge is 2.29. The number of nitrogens with zero attached hydrogens (tertiary/aromatic N) is 1. The fraction of sp³-hybridized carbons (Fsp3) is 0.467. The first-order valence-corrected chi connectivity index (χ1v) is 6.66. The summed E-state index contributed by atoms with van der Waals surface area (Å²) >= 11 is 0. The molecule has 1 aromatic rings. The zero-order chi connectivity index (χ0) is 13.0. The van der Waals surface area contributed by atoms with Crippen LogP contribution in [0.15, 0.2) is 24.3 Å². The highest BCUT2D eigenvalue weighted by Crippen LogP contribution is 2.20. The van der Waals surface area contributed by atoms with Crippen molar-refractivity contribution >= 4 is 11.8 Å². The van der Waals surface area contributed by atoms with Crippen LogP contribution >= 0.6 is 0 Å². The Bertz CT molecular complexity index is 454. The second-order valence-corrected chi connectivity index (χ2v) is 4.75. The standard InChI is InChI=1S/C15H19NO2/c1-2-3-4-7-10-16-14(17)11-12-8-5-6-9-13(12)15(16)18/h5-6,8-9H,2-4,7,10-11H2,1H3. The van der Waals surface area contributed by atoms with Gasteiger partial charge < -0.3 is 0 Å². The van der Waals surface area contributed by atoms with Gasteiger partial charge in [0.2, 0.25) is 5.91 Å². The normalized spacial score (nSPS) is 14.8. The van der Waals surface area contributed by atoms with Gasteiger partial charge in [-0.2, -0.15) is 0 Å². The number of carbonyl (C=O) groups is 2. The third-order valence-corrected chi connectivity index (χ3v) is 3.37. The molecule has 0 fully saturated rings. The molecule has 0 bridgehead atoms. The van der Waals surface area contributed by atoms with Crippen LogP contribution in [0.3, 0.4) is 0 Å². The van der Waals surface area contributed by atoms with Crippen molar-refractivity contribution < 1.29 is 9.59 Å². The lowest BCUT2D eigenvalue weighted by Crippen LogP contribution is -2.42. The number of hydrogen-bond acceptors (Lipinski definition) is 2. The zero-order valence-electron chi connectivity index (χ0n) is 10.8. The minimum Gasteiger partial charge on any atom is -0.278 e. The van der Waals surface area contributed by atoms with E-state index in [0.29, 0.717) is 18.5 Å². The number of hydrogen-bond donors (Lipinski definition) is 0. The molecule has 1 aromatic carbocycles. The smallest absolute Gasteiger partial charge is 0.260 e. The first-order chi connectivity index (χ1) is 8.74. The van der Waals surface area contributed by atoms with E-state index >= 15 is 0 Å². The van der Waals surface area contributed by atoms with E-state index in [-0.39, 0.29) is 11.8 Å². The van der Waals surface area contributed by atoms with Gasteiger partial charge in [0.25, 0.3) is 5.91 Å². The molecule has 2 amide bonds. The molecule has 3 nitrogen and oxygen atoms in total. The molecule has 0 radical (unpaired) electrons.